The summed E-state index contributed by atoms with van der Waals surface area (Å²) >= 11 is 0. The van der Waals surface area contributed by atoms with Gasteiger partial charge in [-0.2, -0.15) is 0 Å². The number of carbonyl (C=O) groups is 1. The highest BCUT2D eigenvalue weighted by atomic mass is 16.3. The molecule has 1 heterocycles. The first-order valence-corrected chi connectivity index (χ1v) is 4.10. The van der Waals surface area contributed by atoms with Gasteiger partial charge in [-0.05, 0) is 26.0 Å². The average molecular weight is 182 g/mol. The van der Waals surface area contributed by atoms with E-state index in [4.69, 9.17) is 10.2 Å². The van der Waals surface area contributed by atoms with Crippen LogP contribution in [0.4, 0.5) is 0 Å². The molecule has 1 aromatic heterocycles. The fourth-order valence-electron chi connectivity index (χ4n) is 0.803. The van der Waals surface area contributed by atoms with E-state index in [-0.39, 0.29) is 5.91 Å². The van der Waals surface area contributed by atoms with Gasteiger partial charge >= 0.3 is 0 Å². The molecule has 0 spiro atoms. The molecule has 0 saturated heterocycles. The summed E-state index contributed by atoms with van der Waals surface area (Å²) < 4.78 is 4.91. The normalized spacial score (nSPS) is 11.3. The molecule has 4 heteroatoms. The molecule has 4 nitrogen and oxygen atoms in total. The van der Waals surface area contributed by atoms with Gasteiger partial charge in [0.05, 0.1) is 6.26 Å². The van der Waals surface area contributed by atoms with Gasteiger partial charge in [-0.1, -0.05) is 0 Å². The Morgan fingerprint density at radius 1 is 1.69 bits per heavy atom. The highest BCUT2D eigenvalue weighted by Crippen LogP contribution is 2.00. The first-order chi connectivity index (χ1) is 5.99. The van der Waals surface area contributed by atoms with Crippen molar-refractivity contribution in [2.24, 2.45) is 5.73 Å². The van der Waals surface area contributed by atoms with E-state index in [9.17, 15) is 4.79 Å². The first-order valence-electron chi connectivity index (χ1n) is 4.10. The Morgan fingerprint density at radius 3 is 2.85 bits per heavy atom. The Labute approximate surface area is 77.1 Å². The van der Waals surface area contributed by atoms with E-state index < -0.39 is 5.54 Å². The molecule has 13 heavy (non-hydrogen) atoms. The number of rotatable bonds is 3. The van der Waals surface area contributed by atoms with Gasteiger partial charge in [-0.3, -0.25) is 4.79 Å². The summed E-state index contributed by atoms with van der Waals surface area (Å²) in [6.07, 6.45) is 1.46. The monoisotopic (exact) mass is 182 g/mol. The summed E-state index contributed by atoms with van der Waals surface area (Å²) in [4.78, 5) is 11.3. The van der Waals surface area contributed by atoms with E-state index >= 15 is 0 Å². The second kappa shape index (κ2) is 3.62. The van der Waals surface area contributed by atoms with Crippen molar-refractivity contribution in [1.29, 1.82) is 0 Å². The van der Waals surface area contributed by atoms with Crippen molar-refractivity contribution in [2.45, 2.75) is 19.4 Å². The molecule has 72 valence electrons. The number of hydrogen-bond acceptors (Lipinski definition) is 3. The average Bonchev–Trinajstić information content (AvgIpc) is 2.50. The molecule has 1 aromatic rings. The predicted octanol–water partition coefficient (Wildman–Crippen LogP) is 0.747. The van der Waals surface area contributed by atoms with E-state index in [2.05, 4.69) is 5.32 Å². The first kappa shape index (κ1) is 9.80. The lowest BCUT2D eigenvalue weighted by atomic mass is 10.1. The Hall–Kier alpha value is -1.29. The van der Waals surface area contributed by atoms with Crippen molar-refractivity contribution in [3.8, 4) is 0 Å². The van der Waals surface area contributed by atoms with Gasteiger partial charge in [0, 0.05) is 12.1 Å². The molecule has 0 fully saturated rings. The van der Waals surface area contributed by atoms with Crippen molar-refractivity contribution in [3.63, 3.8) is 0 Å². The molecule has 0 saturated carbocycles. The molecule has 3 N–H and O–H groups in total. The van der Waals surface area contributed by atoms with Crippen molar-refractivity contribution < 1.29 is 9.21 Å². The van der Waals surface area contributed by atoms with Gasteiger partial charge in [-0.15, -0.1) is 0 Å². The molecule has 0 aromatic carbocycles. The smallest absolute Gasteiger partial charge is 0.287 e. The number of furan rings is 1. The molecule has 1 rings (SSSR count). The number of carbonyl (C=O) groups excluding carboxylic acids is 1. The fourth-order valence-corrected chi connectivity index (χ4v) is 0.803. The van der Waals surface area contributed by atoms with Crippen LogP contribution in [-0.2, 0) is 0 Å². The molecule has 1 amide bonds. The van der Waals surface area contributed by atoms with Crippen LogP contribution >= 0.6 is 0 Å². The van der Waals surface area contributed by atoms with Crippen LogP contribution in [0.15, 0.2) is 22.8 Å². The standard InChI is InChI=1S/C9H14N2O2/c1-9(2,10)6-11-8(12)7-4-3-5-13-7/h3-5H,6,10H2,1-2H3,(H,11,12). The number of hydrogen-bond donors (Lipinski definition) is 2. The van der Waals surface area contributed by atoms with E-state index in [1.807, 2.05) is 13.8 Å². The molecule has 0 aliphatic carbocycles. The summed E-state index contributed by atoms with van der Waals surface area (Å²) in [5, 5.41) is 2.67. The van der Waals surface area contributed by atoms with Crippen molar-refractivity contribution in [1.82, 2.24) is 5.32 Å². The number of nitrogens with one attached hydrogen (secondary N) is 1. The zero-order valence-electron chi connectivity index (χ0n) is 7.83. The lowest BCUT2D eigenvalue weighted by molar-refractivity contribution is 0.0918. The Balaban J connectivity index is 2.44. The van der Waals surface area contributed by atoms with E-state index in [0.717, 1.165) is 0 Å². The molecule has 0 bridgehead atoms. The number of nitrogens with two attached hydrogens (primary N) is 1. The van der Waals surface area contributed by atoms with Crippen molar-refractivity contribution >= 4 is 5.91 Å². The summed E-state index contributed by atoms with van der Waals surface area (Å²) in [7, 11) is 0. The maximum atomic E-state index is 11.3. The van der Waals surface area contributed by atoms with Crippen LogP contribution in [0.25, 0.3) is 0 Å². The van der Waals surface area contributed by atoms with Gasteiger partial charge in [0.2, 0.25) is 0 Å². The van der Waals surface area contributed by atoms with Crippen LogP contribution in [0, 0.1) is 0 Å². The largest absolute Gasteiger partial charge is 0.459 e. The second-order valence-corrected chi connectivity index (χ2v) is 3.65. The SMILES string of the molecule is CC(C)(N)CNC(=O)c1ccco1. The topological polar surface area (TPSA) is 68.3 Å². The molecule has 0 atom stereocenters. The van der Waals surface area contributed by atoms with Crippen LogP contribution in [0.5, 0.6) is 0 Å². The van der Waals surface area contributed by atoms with Crippen LogP contribution in [-0.4, -0.2) is 18.0 Å². The van der Waals surface area contributed by atoms with E-state index in [0.29, 0.717) is 12.3 Å². The zero-order chi connectivity index (χ0) is 9.90. The summed E-state index contributed by atoms with van der Waals surface area (Å²) in [5.41, 5.74) is 5.29. The summed E-state index contributed by atoms with van der Waals surface area (Å²) in [6, 6.07) is 3.28. The van der Waals surface area contributed by atoms with Crippen LogP contribution in [0.1, 0.15) is 24.4 Å². The molecule has 0 unspecified atom stereocenters. The minimum atomic E-state index is -0.401. The van der Waals surface area contributed by atoms with E-state index in [1.165, 1.54) is 6.26 Å². The third kappa shape index (κ3) is 3.29. The van der Waals surface area contributed by atoms with Crippen LogP contribution in [0.3, 0.4) is 0 Å². The van der Waals surface area contributed by atoms with Gasteiger partial charge in [-0.25, -0.2) is 0 Å². The third-order valence-corrected chi connectivity index (χ3v) is 1.45. The van der Waals surface area contributed by atoms with Crippen LogP contribution in [0.2, 0.25) is 0 Å². The predicted molar refractivity (Wildman–Crippen MR) is 49.3 cm³/mol. The maximum Gasteiger partial charge on any atom is 0.287 e. The number of amides is 1. The lowest BCUT2D eigenvalue weighted by Crippen LogP contribution is -2.45. The highest BCUT2D eigenvalue weighted by molar-refractivity contribution is 5.91. The quantitative estimate of drug-likeness (QED) is 0.724. The fraction of sp³-hybridized carbons (Fsp3) is 0.444. The third-order valence-electron chi connectivity index (χ3n) is 1.45. The Bertz CT molecular complexity index is 272. The molecule has 0 radical (unpaired) electrons. The summed E-state index contributed by atoms with van der Waals surface area (Å²) in [5.74, 6) is 0.0766. The van der Waals surface area contributed by atoms with Gasteiger partial charge < -0.3 is 15.5 Å². The molecule has 0 aliphatic rings. The van der Waals surface area contributed by atoms with Crippen molar-refractivity contribution in [2.75, 3.05) is 6.54 Å². The van der Waals surface area contributed by atoms with Crippen LogP contribution < -0.4 is 11.1 Å². The molecule has 0 aliphatic heterocycles. The highest BCUT2D eigenvalue weighted by Gasteiger charge is 2.14. The summed E-state index contributed by atoms with van der Waals surface area (Å²) in [6.45, 7) is 4.11. The lowest BCUT2D eigenvalue weighted by Gasteiger charge is -2.18. The zero-order valence-corrected chi connectivity index (χ0v) is 7.83. The molecular formula is C9H14N2O2. The van der Waals surface area contributed by atoms with Gasteiger partial charge in [0.25, 0.3) is 5.91 Å². The van der Waals surface area contributed by atoms with Gasteiger partial charge in [0.15, 0.2) is 5.76 Å². The minimum absolute atomic E-state index is 0.233. The Kier molecular flexibility index (Phi) is 2.72. The van der Waals surface area contributed by atoms with Crippen molar-refractivity contribution in [3.05, 3.63) is 24.2 Å². The Morgan fingerprint density at radius 2 is 2.38 bits per heavy atom. The molecular weight excluding hydrogens is 168 g/mol. The second-order valence-electron chi connectivity index (χ2n) is 3.65. The maximum absolute atomic E-state index is 11.3. The minimum Gasteiger partial charge on any atom is -0.459 e. The van der Waals surface area contributed by atoms with E-state index in [1.54, 1.807) is 12.1 Å². The van der Waals surface area contributed by atoms with Gasteiger partial charge in [0.1, 0.15) is 0 Å².